The van der Waals surface area contributed by atoms with Crippen LogP contribution in [0, 0.1) is 0 Å². The van der Waals surface area contributed by atoms with Crippen molar-refractivity contribution in [3.05, 3.63) is 5.82 Å². The van der Waals surface area contributed by atoms with Gasteiger partial charge in [-0.3, -0.25) is 0 Å². The van der Waals surface area contributed by atoms with E-state index in [1.165, 1.54) is 11.5 Å². The third-order valence-corrected chi connectivity index (χ3v) is 3.68. The smallest absolute Gasteiger partial charge is 0.205 e. The van der Waals surface area contributed by atoms with Gasteiger partial charge in [-0.2, -0.15) is 4.37 Å². The van der Waals surface area contributed by atoms with Crippen LogP contribution in [0.15, 0.2) is 0 Å². The molecular weight excluding hydrogens is 222 g/mol. The lowest BCUT2D eigenvalue weighted by molar-refractivity contribution is 0.0449. The summed E-state index contributed by atoms with van der Waals surface area (Å²) in [5.74, 6) is 1.28. The Hall–Kier alpha value is -0.680. The van der Waals surface area contributed by atoms with Crippen molar-refractivity contribution in [3.63, 3.8) is 0 Å². The second-order valence-electron chi connectivity index (χ2n) is 5.11. The van der Waals surface area contributed by atoms with Crippen molar-refractivity contribution in [1.29, 1.82) is 0 Å². The highest BCUT2D eigenvalue weighted by atomic mass is 32.1. The van der Waals surface area contributed by atoms with Gasteiger partial charge in [-0.1, -0.05) is 13.8 Å². The molecule has 90 valence electrons. The van der Waals surface area contributed by atoms with Gasteiger partial charge in [0.05, 0.1) is 5.60 Å². The van der Waals surface area contributed by atoms with Crippen molar-refractivity contribution in [1.82, 2.24) is 9.36 Å². The molecule has 1 fully saturated rings. The van der Waals surface area contributed by atoms with Crippen LogP contribution in [0.3, 0.4) is 0 Å². The van der Waals surface area contributed by atoms with Gasteiger partial charge < -0.3 is 10.0 Å². The Kier molecular flexibility index (Phi) is 3.17. The highest BCUT2D eigenvalue weighted by Crippen LogP contribution is 2.27. The van der Waals surface area contributed by atoms with Crippen LogP contribution in [-0.2, 0) is 0 Å². The van der Waals surface area contributed by atoms with Crippen LogP contribution in [0.2, 0.25) is 0 Å². The molecule has 2 rings (SSSR count). The van der Waals surface area contributed by atoms with E-state index in [1.807, 2.05) is 6.92 Å². The molecule has 0 saturated carbocycles. The summed E-state index contributed by atoms with van der Waals surface area (Å²) in [6.45, 7) is 7.72. The summed E-state index contributed by atoms with van der Waals surface area (Å²) in [6, 6.07) is 0. The number of rotatable bonds is 2. The molecule has 1 aliphatic heterocycles. The van der Waals surface area contributed by atoms with E-state index in [9.17, 15) is 5.11 Å². The average Bonchev–Trinajstić information content (AvgIpc) is 2.64. The predicted octanol–water partition coefficient (Wildman–Crippen LogP) is 2.01. The van der Waals surface area contributed by atoms with Gasteiger partial charge in [-0.05, 0) is 19.8 Å². The Balaban J connectivity index is 2.11. The van der Waals surface area contributed by atoms with E-state index in [-0.39, 0.29) is 0 Å². The number of anilines is 1. The van der Waals surface area contributed by atoms with E-state index in [0.717, 1.165) is 30.3 Å². The maximum atomic E-state index is 10.0. The largest absolute Gasteiger partial charge is 0.388 e. The summed E-state index contributed by atoms with van der Waals surface area (Å²) in [7, 11) is 0. The summed E-state index contributed by atoms with van der Waals surface area (Å²) in [4.78, 5) is 6.67. The number of hydrogen-bond donors (Lipinski definition) is 1. The molecule has 16 heavy (non-hydrogen) atoms. The van der Waals surface area contributed by atoms with Crippen LogP contribution in [0.25, 0.3) is 0 Å². The molecule has 1 N–H and O–H groups in total. The summed E-state index contributed by atoms with van der Waals surface area (Å²) in [6.07, 6.45) is 1.89. The fourth-order valence-corrected chi connectivity index (χ4v) is 2.81. The lowest BCUT2D eigenvalue weighted by Crippen LogP contribution is -2.46. The molecule has 0 bridgehead atoms. The number of β-amino-alcohol motifs (C(OH)–C–C–N with tert-alkyl or cyclic N) is 1. The SMILES string of the molecule is CC(C)c1nsc(N2CCCC(C)(O)C2)n1. The Morgan fingerprint density at radius 2 is 2.25 bits per heavy atom. The van der Waals surface area contributed by atoms with E-state index in [0.29, 0.717) is 12.5 Å². The topological polar surface area (TPSA) is 49.2 Å². The van der Waals surface area contributed by atoms with Crippen molar-refractivity contribution in [2.75, 3.05) is 18.0 Å². The first-order valence-electron chi connectivity index (χ1n) is 5.79. The minimum atomic E-state index is -0.581. The van der Waals surface area contributed by atoms with Crippen LogP contribution in [0.5, 0.6) is 0 Å². The minimum Gasteiger partial charge on any atom is -0.388 e. The van der Waals surface area contributed by atoms with Gasteiger partial charge in [-0.25, -0.2) is 4.98 Å². The lowest BCUT2D eigenvalue weighted by Gasteiger charge is -2.36. The second-order valence-corrected chi connectivity index (χ2v) is 5.84. The molecule has 5 heteroatoms. The summed E-state index contributed by atoms with van der Waals surface area (Å²) in [5, 5.41) is 11.0. The molecule has 0 amide bonds. The zero-order valence-electron chi connectivity index (χ0n) is 10.1. The van der Waals surface area contributed by atoms with Crippen LogP contribution >= 0.6 is 11.5 Å². The monoisotopic (exact) mass is 241 g/mol. The Bertz CT molecular complexity index is 362. The van der Waals surface area contributed by atoms with Gasteiger partial charge in [0.25, 0.3) is 0 Å². The normalized spacial score (nSPS) is 26.4. The van der Waals surface area contributed by atoms with Gasteiger partial charge in [0.2, 0.25) is 5.13 Å². The molecular formula is C11H19N3OS. The van der Waals surface area contributed by atoms with Gasteiger partial charge in [0.15, 0.2) is 0 Å². The fourth-order valence-electron chi connectivity index (χ4n) is 1.97. The maximum absolute atomic E-state index is 10.0. The Morgan fingerprint density at radius 1 is 1.50 bits per heavy atom. The summed E-state index contributed by atoms with van der Waals surface area (Å²) in [5.41, 5.74) is -0.581. The molecule has 1 aliphatic rings. The minimum absolute atomic E-state index is 0.371. The van der Waals surface area contributed by atoms with Crippen molar-refractivity contribution in [2.45, 2.75) is 45.1 Å². The number of aromatic nitrogens is 2. The predicted molar refractivity (Wildman–Crippen MR) is 66.1 cm³/mol. The molecule has 1 aromatic rings. The van der Waals surface area contributed by atoms with Crippen molar-refractivity contribution in [3.8, 4) is 0 Å². The van der Waals surface area contributed by atoms with Gasteiger partial charge in [0, 0.05) is 30.5 Å². The highest BCUT2D eigenvalue weighted by Gasteiger charge is 2.30. The number of hydrogen-bond acceptors (Lipinski definition) is 5. The van der Waals surface area contributed by atoms with E-state index in [4.69, 9.17) is 0 Å². The van der Waals surface area contributed by atoms with E-state index >= 15 is 0 Å². The number of aliphatic hydroxyl groups is 1. The lowest BCUT2D eigenvalue weighted by atomic mass is 9.96. The zero-order valence-corrected chi connectivity index (χ0v) is 10.9. The Labute approximate surface area is 100 Å². The second kappa shape index (κ2) is 4.30. The molecule has 0 spiro atoms. The molecule has 1 atom stereocenters. The fraction of sp³-hybridized carbons (Fsp3) is 0.818. The summed E-state index contributed by atoms with van der Waals surface area (Å²) < 4.78 is 4.35. The van der Waals surface area contributed by atoms with Crippen molar-refractivity contribution >= 4 is 16.7 Å². The average molecular weight is 241 g/mol. The first-order chi connectivity index (χ1) is 7.48. The summed E-state index contributed by atoms with van der Waals surface area (Å²) >= 11 is 1.44. The molecule has 0 aromatic carbocycles. The van der Waals surface area contributed by atoms with E-state index in [2.05, 4.69) is 28.1 Å². The van der Waals surface area contributed by atoms with Crippen LogP contribution in [-0.4, -0.2) is 33.2 Å². The molecule has 1 aromatic heterocycles. The van der Waals surface area contributed by atoms with Gasteiger partial charge in [-0.15, -0.1) is 0 Å². The zero-order chi connectivity index (χ0) is 11.8. The Morgan fingerprint density at radius 3 is 2.81 bits per heavy atom. The van der Waals surface area contributed by atoms with E-state index in [1.54, 1.807) is 0 Å². The van der Waals surface area contributed by atoms with E-state index < -0.39 is 5.60 Å². The number of piperidine rings is 1. The standard InChI is InChI=1S/C11H19N3OS/c1-8(2)9-12-10(16-13-9)14-6-4-5-11(3,15)7-14/h8,15H,4-7H2,1-3H3. The van der Waals surface area contributed by atoms with Crippen molar-refractivity contribution in [2.24, 2.45) is 0 Å². The molecule has 4 nitrogen and oxygen atoms in total. The van der Waals surface area contributed by atoms with Gasteiger partial charge in [0.1, 0.15) is 5.82 Å². The molecule has 0 radical (unpaired) electrons. The third-order valence-electron chi connectivity index (χ3n) is 2.89. The maximum Gasteiger partial charge on any atom is 0.205 e. The first-order valence-corrected chi connectivity index (χ1v) is 6.56. The third kappa shape index (κ3) is 2.52. The molecule has 1 unspecified atom stereocenters. The number of nitrogens with zero attached hydrogens (tertiary/aromatic N) is 3. The quantitative estimate of drug-likeness (QED) is 0.860. The van der Waals surface area contributed by atoms with Crippen LogP contribution < -0.4 is 4.90 Å². The van der Waals surface area contributed by atoms with Gasteiger partial charge >= 0.3 is 0 Å². The molecule has 2 heterocycles. The highest BCUT2D eigenvalue weighted by molar-refractivity contribution is 7.09. The molecule has 0 aliphatic carbocycles. The first kappa shape index (κ1) is 11.8. The molecule has 1 saturated heterocycles. The van der Waals surface area contributed by atoms with Crippen LogP contribution in [0.4, 0.5) is 5.13 Å². The van der Waals surface area contributed by atoms with Crippen LogP contribution in [0.1, 0.15) is 45.4 Å². The van der Waals surface area contributed by atoms with Crippen molar-refractivity contribution < 1.29 is 5.11 Å².